The average molecular weight is 304 g/mol. The molecule has 1 heterocycles. The maximum atomic E-state index is 8.97. The Bertz CT molecular complexity index is 907. The van der Waals surface area contributed by atoms with Crippen LogP contribution in [-0.4, -0.2) is 9.97 Å². The molecule has 0 aliphatic rings. The summed E-state index contributed by atoms with van der Waals surface area (Å²) in [6.07, 6.45) is 0. The summed E-state index contributed by atoms with van der Waals surface area (Å²) in [7, 11) is 0. The molecule has 0 amide bonds. The number of hydrogen-bond acceptors (Lipinski definition) is 3. The fourth-order valence-electron chi connectivity index (χ4n) is 2.54. The van der Waals surface area contributed by atoms with E-state index in [1.807, 2.05) is 12.1 Å². The summed E-state index contributed by atoms with van der Waals surface area (Å²) in [6, 6.07) is 14.0. The maximum absolute atomic E-state index is 8.97. The topological polar surface area (TPSA) is 64.5 Å². The van der Waals surface area contributed by atoms with Crippen molar-refractivity contribution in [3.63, 3.8) is 0 Å². The van der Waals surface area contributed by atoms with Crippen molar-refractivity contribution in [3.8, 4) is 6.07 Å². The number of nitrogens with zero attached hydrogens (tertiary/aromatic N) is 2. The van der Waals surface area contributed by atoms with Gasteiger partial charge < -0.3 is 10.3 Å². The third-order valence-electron chi connectivity index (χ3n) is 3.96. The molecule has 3 aromatic rings. The fraction of sp³-hybridized carbons (Fsp3) is 0.263. The molecule has 23 heavy (non-hydrogen) atoms. The quantitative estimate of drug-likeness (QED) is 0.715. The summed E-state index contributed by atoms with van der Waals surface area (Å²) >= 11 is 0. The van der Waals surface area contributed by atoms with E-state index < -0.39 is 0 Å². The number of aromatic nitrogens is 2. The van der Waals surface area contributed by atoms with E-state index in [0.717, 1.165) is 16.7 Å². The minimum atomic E-state index is 0.135. The van der Waals surface area contributed by atoms with Crippen LogP contribution in [0.2, 0.25) is 0 Å². The minimum Gasteiger partial charge on any atom is -0.326 e. The van der Waals surface area contributed by atoms with Gasteiger partial charge in [0.05, 0.1) is 22.7 Å². The molecule has 0 saturated carbocycles. The van der Waals surface area contributed by atoms with E-state index in [0.29, 0.717) is 11.5 Å². The number of H-pyrrole nitrogens is 1. The van der Waals surface area contributed by atoms with Crippen molar-refractivity contribution in [1.29, 1.82) is 5.26 Å². The van der Waals surface area contributed by atoms with Crippen LogP contribution in [0, 0.1) is 18.3 Å². The summed E-state index contributed by atoms with van der Waals surface area (Å²) in [5, 5.41) is 12.3. The van der Waals surface area contributed by atoms with E-state index in [2.05, 4.69) is 67.2 Å². The third-order valence-corrected chi connectivity index (χ3v) is 3.96. The van der Waals surface area contributed by atoms with Gasteiger partial charge in [-0.15, -0.1) is 0 Å². The summed E-state index contributed by atoms with van der Waals surface area (Å²) in [5.74, 6) is 0.682. The number of hydrogen-bond donors (Lipinski definition) is 2. The molecule has 0 bridgehead atoms. The molecule has 2 aromatic carbocycles. The zero-order chi connectivity index (χ0) is 16.6. The molecule has 0 unspecified atom stereocenters. The van der Waals surface area contributed by atoms with Gasteiger partial charge in [-0.1, -0.05) is 32.9 Å². The van der Waals surface area contributed by atoms with Crippen molar-refractivity contribution in [1.82, 2.24) is 9.97 Å². The van der Waals surface area contributed by atoms with E-state index in [1.165, 1.54) is 11.1 Å². The molecule has 0 radical (unpaired) electrons. The van der Waals surface area contributed by atoms with Gasteiger partial charge in [0.2, 0.25) is 5.95 Å². The summed E-state index contributed by atoms with van der Waals surface area (Å²) in [4.78, 5) is 7.74. The Labute approximate surface area is 136 Å². The predicted molar refractivity (Wildman–Crippen MR) is 94.0 cm³/mol. The largest absolute Gasteiger partial charge is 0.326 e. The molecular weight excluding hydrogens is 284 g/mol. The second-order valence-corrected chi connectivity index (χ2v) is 6.83. The van der Waals surface area contributed by atoms with Crippen molar-refractivity contribution < 1.29 is 0 Å². The second-order valence-electron chi connectivity index (χ2n) is 6.83. The lowest BCUT2D eigenvalue weighted by Gasteiger charge is -2.20. The van der Waals surface area contributed by atoms with E-state index in [1.54, 1.807) is 6.07 Å². The van der Waals surface area contributed by atoms with Crippen molar-refractivity contribution in [2.45, 2.75) is 33.1 Å². The molecule has 0 atom stereocenters. The van der Waals surface area contributed by atoms with Crippen LogP contribution in [0.25, 0.3) is 11.0 Å². The van der Waals surface area contributed by atoms with Gasteiger partial charge in [0.1, 0.15) is 0 Å². The first-order chi connectivity index (χ1) is 10.9. The molecule has 0 fully saturated rings. The van der Waals surface area contributed by atoms with Crippen molar-refractivity contribution in [3.05, 3.63) is 53.1 Å². The van der Waals surface area contributed by atoms with Crippen LogP contribution >= 0.6 is 0 Å². The van der Waals surface area contributed by atoms with Crippen LogP contribution < -0.4 is 5.32 Å². The van der Waals surface area contributed by atoms with Crippen LogP contribution in [0.5, 0.6) is 0 Å². The highest BCUT2D eigenvalue weighted by atomic mass is 15.1. The highest BCUT2D eigenvalue weighted by Crippen LogP contribution is 2.28. The van der Waals surface area contributed by atoms with Crippen LogP contribution in [0.15, 0.2) is 36.4 Å². The van der Waals surface area contributed by atoms with Gasteiger partial charge in [-0.3, -0.25) is 0 Å². The molecular formula is C19H20N4. The number of anilines is 2. The minimum absolute atomic E-state index is 0.135. The van der Waals surface area contributed by atoms with Gasteiger partial charge in [0.25, 0.3) is 0 Å². The molecule has 4 nitrogen and oxygen atoms in total. The van der Waals surface area contributed by atoms with Crippen LogP contribution in [0.4, 0.5) is 11.6 Å². The Morgan fingerprint density at radius 3 is 2.57 bits per heavy atom. The molecule has 3 rings (SSSR count). The number of nitrogens with one attached hydrogen (secondary N) is 2. The molecule has 0 aliphatic carbocycles. The molecule has 116 valence electrons. The van der Waals surface area contributed by atoms with Gasteiger partial charge >= 0.3 is 0 Å². The second kappa shape index (κ2) is 5.44. The Hall–Kier alpha value is -2.80. The van der Waals surface area contributed by atoms with Crippen LogP contribution in [-0.2, 0) is 5.41 Å². The standard InChI is InChI=1S/C19H20N4/c1-12-9-14(19(2,3)4)6-8-15(12)21-18-22-16-7-5-13(11-20)10-17(16)23-18/h5-10H,1-4H3,(H2,21,22,23). The number of rotatable bonds is 2. The van der Waals surface area contributed by atoms with Crippen molar-refractivity contribution in [2.24, 2.45) is 0 Å². The summed E-state index contributed by atoms with van der Waals surface area (Å²) in [6.45, 7) is 8.72. The monoisotopic (exact) mass is 304 g/mol. The first-order valence-corrected chi connectivity index (χ1v) is 7.65. The zero-order valence-electron chi connectivity index (χ0n) is 13.9. The van der Waals surface area contributed by atoms with Crippen LogP contribution in [0.3, 0.4) is 0 Å². The normalized spacial score (nSPS) is 11.4. The number of benzene rings is 2. The summed E-state index contributed by atoms with van der Waals surface area (Å²) < 4.78 is 0. The molecule has 4 heteroatoms. The van der Waals surface area contributed by atoms with Gasteiger partial charge in [-0.2, -0.15) is 5.26 Å². The van der Waals surface area contributed by atoms with Gasteiger partial charge in [0, 0.05) is 5.69 Å². The van der Waals surface area contributed by atoms with Crippen molar-refractivity contribution >= 4 is 22.7 Å². The van der Waals surface area contributed by atoms with E-state index in [-0.39, 0.29) is 5.41 Å². The summed E-state index contributed by atoms with van der Waals surface area (Å²) in [5.41, 5.74) is 5.97. The lowest BCUT2D eigenvalue weighted by molar-refractivity contribution is 0.590. The number of fused-ring (bicyclic) bond motifs is 1. The van der Waals surface area contributed by atoms with E-state index in [9.17, 15) is 0 Å². The number of imidazole rings is 1. The van der Waals surface area contributed by atoms with Gasteiger partial charge in [-0.05, 0) is 47.7 Å². The lowest BCUT2D eigenvalue weighted by Crippen LogP contribution is -2.11. The predicted octanol–water partition coefficient (Wildman–Crippen LogP) is 4.78. The number of aromatic amines is 1. The first-order valence-electron chi connectivity index (χ1n) is 7.65. The molecule has 1 aromatic heterocycles. The SMILES string of the molecule is Cc1cc(C(C)(C)C)ccc1Nc1nc2ccc(C#N)cc2[nH]1. The first kappa shape index (κ1) is 15.1. The van der Waals surface area contributed by atoms with Crippen molar-refractivity contribution in [2.75, 3.05) is 5.32 Å². The van der Waals surface area contributed by atoms with Crippen LogP contribution in [0.1, 0.15) is 37.5 Å². The average Bonchev–Trinajstić information content (AvgIpc) is 2.89. The number of aryl methyl sites for hydroxylation is 1. The smallest absolute Gasteiger partial charge is 0.205 e. The Morgan fingerprint density at radius 2 is 1.91 bits per heavy atom. The highest BCUT2D eigenvalue weighted by Gasteiger charge is 2.14. The van der Waals surface area contributed by atoms with E-state index in [4.69, 9.17) is 5.26 Å². The Kier molecular flexibility index (Phi) is 3.57. The Balaban J connectivity index is 1.91. The maximum Gasteiger partial charge on any atom is 0.205 e. The molecule has 0 spiro atoms. The molecule has 0 saturated heterocycles. The fourth-order valence-corrected chi connectivity index (χ4v) is 2.54. The van der Waals surface area contributed by atoms with Gasteiger partial charge in [0.15, 0.2) is 0 Å². The highest BCUT2D eigenvalue weighted by molar-refractivity contribution is 5.80. The van der Waals surface area contributed by atoms with Gasteiger partial charge in [-0.25, -0.2) is 4.98 Å². The lowest BCUT2D eigenvalue weighted by atomic mass is 9.86. The molecule has 0 aliphatic heterocycles. The number of nitriles is 1. The molecule has 2 N–H and O–H groups in total. The Morgan fingerprint density at radius 1 is 1.13 bits per heavy atom. The van der Waals surface area contributed by atoms with E-state index >= 15 is 0 Å². The zero-order valence-corrected chi connectivity index (χ0v) is 13.9. The third kappa shape index (κ3) is 3.04.